The molecule has 2 aromatic rings. The summed E-state index contributed by atoms with van der Waals surface area (Å²) in [5.74, 6) is 0.361. The van der Waals surface area contributed by atoms with Crippen LogP contribution in [0.4, 0.5) is 5.69 Å². The van der Waals surface area contributed by atoms with Gasteiger partial charge in [-0.2, -0.15) is 0 Å². The maximum Gasteiger partial charge on any atom is 0.248 e. The van der Waals surface area contributed by atoms with E-state index >= 15 is 0 Å². The Hall–Kier alpha value is -2.20. The number of nitrogens with one attached hydrogen (secondary N) is 1. The number of nitrogens with zero attached hydrogens (tertiary/aromatic N) is 1. The first kappa shape index (κ1) is 16.7. The van der Waals surface area contributed by atoms with E-state index in [0.717, 1.165) is 5.56 Å². The Morgan fingerprint density at radius 2 is 2.08 bits per heavy atom. The number of hydrogen-bond donors (Lipinski definition) is 1. The summed E-state index contributed by atoms with van der Waals surface area (Å²) in [7, 11) is 1.56. The van der Waals surface area contributed by atoms with Crippen molar-refractivity contribution in [3.63, 3.8) is 0 Å². The van der Waals surface area contributed by atoms with Crippen molar-refractivity contribution < 1.29 is 9.53 Å². The molecular weight excluding hydrogens is 324 g/mol. The second-order valence-corrected chi connectivity index (χ2v) is 6.53. The van der Waals surface area contributed by atoms with Gasteiger partial charge in [-0.3, -0.25) is 4.79 Å². The molecule has 0 aliphatic heterocycles. The minimum Gasteiger partial charge on any atom is -0.495 e. The minimum absolute atomic E-state index is 0.216. The summed E-state index contributed by atoms with van der Waals surface area (Å²) in [6.45, 7) is 4.21. The zero-order valence-corrected chi connectivity index (χ0v) is 14.9. The fraction of sp³-hybridized carbons (Fsp3) is 0.316. The lowest BCUT2D eigenvalue weighted by Crippen LogP contribution is -2.09. The van der Waals surface area contributed by atoms with Crippen molar-refractivity contribution in [3.8, 4) is 5.75 Å². The molecule has 0 saturated heterocycles. The zero-order valence-electron chi connectivity index (χ0n) is 14.1. The van der Waals surface area contributed by atoms with E-state index in [0.29, 0.717) is 22.5 Å². The number of methoxy groups -OCH3 is 1. The SMILES string of the molecule is COc1ccc(Cl)cc1NC(=O)/C=C/c1cc(C)n(C2CC2)c1C. The van der Waals surface area contributed by atoms with E-state index in [4.69, 9.17) is 16.3 Å². The largest absolute Gasteiger partial charge is 0.495 e. The third kappa shape index (κ3) is 3.49. The molecule has 1 aliphatic rings. The Kier molecular flexibility index (Phi) is 4.67. The van der Waals surface area contributed by atoms with Gasteiger partial charge in [0, 0.05) is 28.5 Å². The fourth-order valence-corrected chi connectivity index (χ4v) is 3.16. The number of rotatable bonds is 5. The Bertz CT molecular complexity index is 804. The minimum atomic E-state index is -0.216. The average molecular weight is 345 g/mol. The van der Waals surface area contributed by atoms with E-state index in [1.54, 1.807) is 31.4 Å². The number of amides is 1. The molecule has 5 heteroatoms. The van der Waals surface area contributed by atoms with Gasteiger partial charge in [0.15, 0.2) is 0 Å². The fourth-order valence-electron chi connectivity index (χ4n) is 2.98. The lowest BCUT2D eigenvalue weighted by molar-refractivity contribution is -0.111. The molecule has 4 nitrogen and oxygen atoms in total. The van der Waals surface area contributed by atoms with Gasteiger partial charge in [0.05, 0.1) is 12.8 Å². The van der Waals surface area contributed by atoms with Crippen molar-refractivity contribution in [1.29, 1.82) is 0 Å². The average Bonchev–Trinajstić information content (AvgIpc) is 3.32. The van der Waals surface area contributed by atoms with Crippen LogP contribution in [0, 0.1) is 13.8 Å². The molecule has 0 radical (unpaired) electrons. The highest BCUT2D eigenvalue weighted by atomic mass is 35.5. The third-order valence-corrected chi connectivity index (χ3v) is 4.50. The number of carbonyl (C=O) groups excluding carboxylic acids is 1. The molecule has 126 valence electrons. The summed E-state index contributed by atoms with van der Waals surface area (Å²) in [6, 6.07) is 7.88. The van der Waals surface area contributed by atoms with Gasteiger partial charge in [-0.05, 0) is 62.6 Å². The maximum absolute atomic E-state index is 12.2. The predicted molar refractivity (Wildman–Crippen MR) is 97.8 cm³/mol. The van der Waals surface area contributed by atoms with Crippen LogP contribution in [0.15, 0.2) is 30.3 Å². The lowest BCUT2D eigenvalue weighted by Gasteiger charge is -2.09. The Labute approximate surface area is 147 Å². The van der Waals surface area contributed by atoms with Crippen LogP contribution in [0.25, 0.3) is 6.08 Å². The van der Waals surface area contributed by atoms with Crippen molar-refractivity contribution in [3.05, 3.63) is 52.3 Å². The van der Waals surface area contributed by atoms with Crippen molar-refractivity contribution in [2.24, 2.45) is 0 Å². The molecule has 1 aliphatic carbocycles. The topological polar surface area (TPSA) is 43.3 Å². The van der Waals surface area contributed by atoms with E-state index in [-0.39, 0.29) is 5.91 Å². The Morgan fingerprint density at radius 1 is 1.33 bits per heavy atom. The first-order chi connectivity index (χ1) is 11.5. The van der Waals surface area contributed by atoms with Gasteiger partial charge in [0.1, 0.15) is 5.75 Å². The molecule has 0 spiro atoms. The molecule has 1 amide bonds. The van der Waals surface area contributed by atoms with Crippen LogP contribution in [0.5, 0.6) is 5.75 Å². The number of carbonyl (C=O) groups is 1. The summed E-state index contributed by atoms with van der Waals surface area (Å²) in [6.07, 6.45) is 5.88. The first-order valence-corrected chi connectivity index (χ1v) is 8.38. The van der Waals surface area contributed by atoms with Crippen LogP contribution < -0.4 is 10.1 Å². The molecule has 1 N–H and O–H groups in total. The maximum atomic E-state index is 12.2. The van der Waals surface area contributed by atoms with Crippen LogP contribution >= 0.6 is 11.6 Å². The van der Waals surface area contributed by atoms with Crippen molar-refractivity contribution in [1.82, 2.24) is 4.57 Å². The molecule has 1 fully saturated rings. The molecule has 0 atom stereocenters. The summed E-state index contributed by atoms with van der Waals surface area (Å²) >= 11 is 5.98. The number of aryl methyl sites for hydroxylation is 1. The number of halogens is 1. The lowest BCUT2D eigenvalue weighted by atomic mass is 10.2. The van der Waals surface area contributed by atoms with Gasteiger partial charge in [-0.1, -0.05) is 11.6 Å². The monoisotopic (exact) mass is 344 g/mol. The number of anilines is 1. The van der Waals surface area contributed by atoms with Crippen LogP contribution in [0.3, 0.4) is 0 Å². The Morgan fingerprint density at radius 3 is 2.75 bits per heavy atom. The summed E-state index contributed by atoms with van der Waals surface area (Å²) < 4.78 is 7.59. The molecule has 24 heavy (non-hydrogen) atoms. The van der Waals surface area contributed by atoms with E-state index in [9.17, 15) is 4.79 Å². The molecular formula is C19H21ClN2O2. The predicted octanol–water partition coefficient (Wildman–Crippen LogP) is 4.75. The second kappa shape index (κ2) is 6.73. The third-order valence-electron chi connectivity index (χ3n) is 4.27. The molecule has 3 rings (SSSR count). The number of benzene rings is 1. The van der Waals surface area contributed by atoms with E-state index < -0.39 is 0 Å². The van der Waals surface area contributed by atoms with Crippen LogP contribution in [0.2, 0.25) is 5.02 Å². The molecule has 1 saturated carbocycles. The van der Waals surface area contributed by atoms with Gasteiger partial charge in [-0.25, -0.2) is 0 Å². The second-order valence-electron chi connectivity index (χ2n) is 6.09. The van der Waals surface area contributed by atoms with Gasteiger partial charge >= 0.3 is 0 Å². The highest BCUT2D eigenvalue weighted by Crippen LogP contribution is 2.38. The first-order valence-electron chi connectivity index (χ1n) is 8.00. The molecule has 0 unspecified atom stereocenters. The molecule has 1 aromatic heterocycles. The quantitative estimate of drug-likeness (QED) is 0.795. The summed E-state index contributed by atoms with van der Waals surface area (Å²) in [4.78, 5) is 12.2. The van der Waals surface area contributed by atoms with Gasteiger partial charge < -0.3 is 14.6 Å². The molecule has 1 heterocycles. The molecule has 1 aromatic carbocycles. The van der Waals surface area contributed by atoms with Crippen molar-refractivity contribution in [2.75, 3.05) is 12.4 Å². The van der Waals surface area contributed by atoms with Crippen molar-refractivity contribution >= 4 is 29.3 Å². The van der Waals surface area contributed by atoms with E-state index in [1.807, 2.05) is 6.08 Å². The highest BCUT2D eigenvalue weighted by Gasteiger charge is 2.26. The van der Waals surface area contributed by atoms with Crippen LogP contribution in [-0.4, -0.2) is 17.6 Å². The molecule has 0 bridgehead atoms. The number of ether oxygens (including phenoxy) is 1. The zero-order chi connectivity index (χ0) is 17.3. The highest BCUT2D eigenvalue weighted by molar-refractivity contribution is 6.31. The van der Waals surface area contributed by atoms with E-state index in [2.05, 4.69) is 29.8 Å². The summed E-state index contributed by atoms with van der Waals surface area (Å²) in [5, 5.41) is 3.35. The smallest absolute Gasteiger partial charge is 0.248 e. The Balaban J connectivity index is 1.74. The summed E-state index contributed by atoms with van der Waals surface area (Å²) in [5.41, 5.74) is 4.08. The van der Waals surface area contributed by atoms with Crippen molar-refractivity contribution in [2.45, 2.75) is 32.7 Å². The van der Waals surface area contributed by atoms with Crippen LogP contribution in [0.1, 0.15) is 35.8 Å². The van der Waals surface area contributed by atoms with Gasteiger partial charge in [0.2, 0.25) is 5.91 Å². The normalized spacial score (nSPS) is 14.2. The standard InChI is InChI=1S/C19H21ClN2O2/c1-12-10-14(13(2)22(12)16-6-7-16)4-9-19(23)21-17-11-15(20)5-8-18(17)24-3/h4-5,8-11,16H,6-7H2,1-3H3,(H,21,23)/b9-4+. The van der Waals surface area contributed by atoms with Crippen LogP contribution in [-0.2, 0) is 4.79 Å². The number of aromatic nitrogens is 1. The van der Waals surface area contributed by atoms with Gasteiger partial charge in [-0.15, -0.1) is 0 Å². The van der Waals surface area contributed by atoms with Gasteiger partial charge in [0.25, 0.3) is 0 Å². The van der Waals surface area contributed by atoms with E-state index in [1.165, 1.54) is 24.2 Å². The number of hydrogen-bond acceptors (Lipinski definition) is 2.